The molecule has 0 amide bonds. The van der Waals surface area contributed by atoms with Crippen molar-refractivity contribution in [2.45, 2.75) is 39.7 Å². The van der Waals surface area contributed by atoms with Crippen molar-refractivity contribution in [1.82, 2.24) is 10.3 Å². The highest BCUT2D eigenvalue weighted by Crippen LogP contribution is 2.13. The maximum Gasteiger partial charge on any atom is 0.213 e. The molecule has 1 aromatic heterocycles. The maximum atomic E-state index is 5.63. The molecule has 3 nitrogen and oxygen atoms in total. The van der Waals surface area contributed by atoms with Crippen molar-refractivity contribution in [3.63, 3.8) is 0 Å². The minimum absolute atomic E-state index is 0.644. The molecule has 1 N–H and O–H groups in total. The fourth-order valence-corrected chi connectivity index (χ4v) is 1.63. The van der Waals surface area contributed by atoms with Crippen molar-refractivity contribution >= 4 is 0 Å². The molecule has 0 bridgehead atoms. The van der Waals surface area contributed by atoms with E-state index in [0.29, 0.717) is 6.61 Å². The molecule has 0 aliphatic heterocycles. The molecule has 1 heterocycles. The number of pyridine rings is 1. The molecular formula is C15H24N2O. The normalized spacial score (nSPS) is 10.3. The van der Waals surface area contributed by atoms with Crippen LogP contribution in [0.2, 0.25) is 0 Å². The fourth-order valence-electron chi connectivity index (χ4n) is 1.63. The minimum atomic E-state index is 0.644. The lowest BCUT2D eigenvalue weighted by Crippen LogP contribution is -2.14. The molecule has 0 spiro atoms. The Labute approximate surface area is 110 Å². The Balaban J connectivity index is 2.64. The Morgan fingerprint density at radius 2 is 2.22 bits per heavy atom. The van der Waals surface area contributed by atoms with Crippen molar-refractivity contribution < 1.29 is 4.74 Å². The molecule has 1 rings (SSSR count). The van der Waals surface area contributed by atoms with Crippen molar-refractivity contribution in [3.05, 3.63) is 36.0 Å². The lowest BCUT2D eigenvalue weighted by molar-refractivity contribution is 0.311. The van der Waals surface area contributed by atoms with Gasteiger partial charge in [-0.3, -0.25) is 0 Å². The number of aryl methyl sites for hydroxylation is 1. The van der Waals surface area contributed by atoms with Crippen LogP contribution in [0.15, 0.2) is 24.8 Å². The van der Waals surface area contributed by atoms with Gasteiger partial charge < -0.3 is 10.1 Å². The van der Waals surface area contributed by atoms with Crippen LogP contribution < -0.4 is 10.1 Å². The lowest BCUT2D eigenvalue weighted by atomic mass is 10.2. The third kappa shape index (κ3) is 5.32. The van der Waals surface area contributed by atoms with Gasteiger partial charge in [0.05, 0.1) is 6.61 Å². The van der Waals surface area contributed by atoms with Crippen LogP contribution in [0.4, 0.5) is 0 Å². The van der Waals surface area contributed by atoms with Gasteiger partial charge >= 0.3 is 0 Å². The average molecular weight is 248 g/mol. The molecule has 1 aromatic rings. The molecule has 0 atom stereocenters. The molecule has 0 radical (unpaired) electrons. The summed E-state index contributed by atoms with van der Waals surface area (Å²) >= 11 is 0. The van der Waals surface area contributed by atoms with Crippen molar-refractivity contribution in [3.8, 4) is 5.88 Å². The summed E-state index contributed by atoms with van der Waals surface area (Å²) in [5, 5.41) is 3.40. The van der Waals surface area contributed by atoms with E-state index in [1.807, 2.05) is 12.1 Å². The molecule has 0 unspecified atom stereocenters. The zero-order chi connectivity index (χ0) is 13.2. The largest absolute Gasteiger partial charge is 0.477 e. The summed E-state index contributed by atoms with van der Waals surface area (Å²) in [4.78, 5) is 4.47. The van der Waals surface area contributed by atoms with E-state index in [-0.39, 0.29) is 0 Å². The lowest BCUT2D eigenvalue weighted by Gasteiger charge is -2.09. The second-order valence-corrected chi connectivity index (χ2v) is 4.26. The van der Waals surface area contributed by atoms with Crippen LogP contribution in [0.3, 0.4) is 0 Å². The van der Waals surface area contributed by atoms with E-state index in [9.17, 15) is 0 Å². The van der Waals surface area contributed by atoms with Crippen LogP contribution in [-0.2, 0) is 13.0 Å². The minimum Gasteiger partial charge on any atom is -0.477 e. The van der Waals surface area contributed by atoms with Gasteiger partial charge in [0.1, 0.15) is 0 Å². The highest BCUT2D eigenvalue weighted by Gasteiger charge is 2.02. The topological polar surface area (TPSA) is 34.1 Å². The number of hydrogen-bond donors (Lipinski definition) is 1. The molecule has 0 fully saturated rings. The quantitative estimate of drug-likeness (QED) is 0.538. The molecule has 0 saturated heterocycles. The summed E-state index contributed by atoms with van der Waals surface area (Å²) in [6, 6.07) is 4.16. The Morgan fingerprint density at radius 1 is 1.39 bits per heavy atom. The molecule has 0 aliphatic carbocycles. The number of rotatable bonds is 9. The van der Waals surface area contributed by atoms with Gasteiger partial charge in [0.2, 0.25) is 5.88 Å². The van der Waals surface area contributed by atoms with E-state index in [2.05, 4.69) is 36.8 Å². The van der Waals surface area contributed by atoms with Gasteiger partial charge in [0, 0.05) is 18.3 Å². The average Bonchev–Trinajstić information content (AvgIpc) is 2.39. The van der Waals surface area contributed by atoms with Gasteiger partial charge in [0.15, 0.2) is 0 Å². The SMILES string of the molecule is C=CCCOc1cc(CNCCC)cc(CC)n1. The van der Waals surface area contributed by atoms with Gasteiger partial charge in [-0.05, 0) is 37.4 Å². The van der Waals surface area contributed by atoms with Gasteiger partial charge in [-0.2, -0.15) is 0 Å². The Bertz CT molecular complexity index is 364. The summed E-state index contributed by atoms with van der Waals surface area (Å²) in [5.41, 5.74) is 2.32. The highest BCUT2D eigenvalue weighted by atomic mass is 16.5. The second kappa shape index (κ2) is 8.70. The summed E-state index contributed by atoms with van der Waals surface area (Å²) < 4.78 is 5.63. The summed E-state index contributed by atoms with van der Waals surface area (Å²) in [6.07, 6.45) is 4.78. The van der Waals surface area contributed by atoms with Crippen LogP contribution in [0.1, 0.15) is 37.9 Å². The Kier molecular flexibility index (Phi) is 7.11. The smallest absolute Gasteiger partial charge is 0.213 e. The summed E-state index contributed by atoms with van der Waals surface area (Å²) in [7, 11) is 0. The van der Waals surface area contributed by atoms with Crippen molar-refractivity contribution in [2.24, 2.45) is 0 Å². The van der Waals surface area contributed by atoms with Gasteiger partial charge in [-0.15, -0.1) is 6.58 Å². The third-order valence-corrected chi connectivity index (χ3v) is 2.60. The van der Waals surface area contributed by atoms with Gasteiger partial charge in [-0.1, -0.05) is 19.9 Å². The standard InChI is InChI=1S/C15H24N2O/c1-4-7-9-18-15-11-13(12-16-8-5-2)10-14(6-3)17-15/h4,10-11,16H,1,5-9,12H2,2-3H3. The zero-order valence-corrected chi connectivity index (χ0v) is 11.5. The first-order valence-corrected chi connectivity index (χ1v) is 6.74. The molecule has 0 aromatic carbocycles. The van der Waals surface area contributed by atoms with Gasteiger partial charge in [0.25, 0.3) is 0 Å². The molecule has 0 saturated carbocycles. The first-order valence-electron chi connectivity index (χ1n) is 6.74. The molecular weight excluding hydrogens is 224 g/mol. The Hall–Kier alpha value is -1.35. The second-order valence-electron chi connectivity index (χ2n) is 4.26. The van der Waals surface area contributed by atoms with Crippen LogP contribution >= 0.6 is 0 Å². The molecule has 3 heteroatoms. The predicted molar refractivity (Wildman–Crippen MR) is 75.9 cm³/mol. The number of nitrogens with zero attached hydrogens (tertiary/aromatic N) is 1. The van der Waals surface area contributed by atoms with E-state index < -0.39 is 0 Å². The third-order valence-electron chi connectivity index (χ3n) is 2.60. The fraction of sp³-hybridized carbons (Fsp3) is 0.533. The molecule has 18 heavy (non-hydrogen) atoms. The summed E-state index contributed by atoms with van der Waals surface area (Å²) in [6.45, 7) is 10.5. The highest BCUT2D eigenvalue weighted by molar-refractivity contribution is 5.25. The van der Waals surface area contributed by atoms with E-state index in [1.54, 1.807) is 0 Å². The summed E-state index contributed by atoms with van der Waals surface area (Å²) in [5.74, 6) is 0.726. The van der Waals surface area contributed by atoms with Crippen LogP contribution in [-0.4, -0.2) is 18.1 Å². The van der Waals surface area contributed by atoms with Crippen molar-refractivity contribution in [2.75, 3.05) is 13.2 Å². The molecule has 100 valence electrons. The van der Waals surface area contributed by atoms with Crippen LogP contribution in [0, 0.1) is 0 Å². The number of hydrogen-bond acceptors (Lipinski definition) is 3. The van der Waals surface area contributed by atoms with Crippen LogP contribution in [0.5, 0.6) is 5.88 Å². The van der Waals surface area contributed by atoms with Gasteiger partial charge in [-0.25, -0.2) is 4.98 Å². The van der Waals surface area contributed by atoms with E-state index in [1.165, 1.54) is 5.56 Å². The first-order chi connectivity index (χ1) is 8.80. The van der Waals surface area contributed by atoms with Crippen LogP contribution in [0.25, 0.3) is 0 Å². The maximum absolute atomic E-state index is 5.63. The zero-order valence-electron chi connectivity index (χ0n) is 11.5. The predicted octanol–water partition coefficient (Wildman–Crippen LogP) is 3.10. The monoisotopic (exact) mass is 248 g/mol. The van der Waals surface area contributed by atoms with E-state index in [4.69, 9.17) is 4.74 Å². The van der Waals surface area contributed by atoms with Crippen molar-refractivity contribution in [1.29, 1.82) is 0 Å². The number of ether oxygens (including phenoxy) is 1. The molecule has 0 aliphatic rings. The number of aromatic nitrogens is 1. The first kappa shape index (κ1) is 14.7. The number of nitrogens with one attached hydrogen (secondary N) is 1. The van der Waals surface area contributed by atoms with E-state index >= 15 is 0 Å². The van der Waals surface area contributed by atoms with E-state index in [0.717, 1.165) is 43.9 Å². The Morgan fingerprint density at radius 3 is 2.89 bits per heavy atom.